The summed E-state index contributed by atoms with van der Waals surface area (Å²) in [7, 11) is 0. The number of hydrogen-bond donors (Lipinski definition) is 0. The second-order valence-corrected chi connectivity index (χ2v) is 11.7. The molecular weight excluding hydrogens is 558 g/mol. The summed E-state index contributed by atoms with van der Waals surface area (Å²) in [6, 6.07) is 60.1. The van der Waals surface area contributed by atoms with E-state index in [2.05, 4.69) is 167 Å². The Morgan fingerprint density at radius 2 is 0.913 bits per heavy atom. The van der Waals surface area contributed by atoms with Crippen molar-refractivity contribution < 1.29 is 0 Å². The summed E-state index contributed by atoms with van der Waals surface area (Å²) < 4.78 is 4.64. The fraction of sp³-hybridized carbons (Fsp3) is 0. The van der Waals surface area contributed by atoms with E-state index in [1.54, 1.807) is 0 Å². The SMILES string of the molecule is N#Cc1cccc(-c2cccc(-c3cccc4c5ccccc5n(-c5ccccc5)c34)c2)c1-n1c2ccccc2c2ccccc21. The first-order valence-electron chi connectivity index (χ1n) is 15.5. The van der Waals surface area contributed by atoms with Crippen LogP contribution in [0.2, 0.25) is 0 Å². The van der Waals surface area contributed by atoms with E-state index < -0.39 is 0 Å². The lowest BCUT2D eigenvalue weighted by atomic mass is 9.95. The molecule has 2 heterocycles. The van der Waals surface area contributed by atoms with E-state index in [1.165, 1.54) is 32.6 Å². The van der Waals surface area contributed by atoms with E-state index in [-0.39, 0.29) is 0 Å². The second kappa shape index (κ2) is 10.4. The van der Waals surface area contributed by atoms with Crippen LogP contribution >= 0.6 is 0 Å². The topological polar surface area (TPSA) is 33.6 Å². The summed E-state index contributed by atoms with van der Waals surface area (Å²) in [4.78, 5) is 0. The zero-order valence-corrected chi connectivity index (χ0v) is 24.9. The lowest BCUT2D eigenvalue weighted by Gasteiger charge is -2.17. The summed E-state index contributed by atoms with van der Waals surface area (Å²) in [5, 5.41) is 15.2. The van der Waals surface area contributed by atoms with Gasteiger partial charge in [0.2, 0.25) is 0 Å². The Bertz CT molecular complexity index is 2600. The molecule has 9 aromatic rings. The average molecular weight is 586 g/mol. The predicted octanol–water partition coefficient (Wildman–Crippen LogP) is 11.1. The smallest absolute Gasteiger partial charge is 0.101 e. The molecule has 0 atom stereocenters. The first kappa shape index (κ1) is 26.1. The van der Waals surface area contributed by atoms with Gasteiger partial charge in [-0.3, -0.25) is 0 Å². The molecule has 46 heavy (non-hydrogen) atoms. The van der Waals surface area contributed by atoms with Gasteiger partial charge in [0.25, 0.3) is 0 Å². The van der Waals surface area contributed by atoms with Crippen molar-refractivity contribution in [3.63, 3.8) is 0 Å². The molecule has 3 nitrogen and oxygen atoms in total. The minimum atomic E-state index is 0.640. The highest BCUT2D eigenvalue weighted by Gasteiger charge is 2.20. The summed E-state index contributed by atoms with van der Waals surface area (Å²) in [5.74, 6) is 0. The van der Waals surface area contributed by atoms with E-state index in [9.17, 15) is 5.26 Å². The van der Waals surface area contributed by atoms with E-state index in [0.29, 0.717) is 5.56 Å². The van der Waals surface area contributed by atoms with Gasteiger partial charge in [0.05, 0.1) is 33.3 Å². The van der Waals surface area contributed by atoms with E-state index in [1.807, 2.05) is 12.1 Å². The minimum absolute atomic E-state index is 0.640. The van der Waals surface area contributed by atoms with Crippen molar-refractivity contribution in [3.8, 4) is 39.7 Å². The average Bonchev–Trinajstić information content (AvgIpc) is 3.65. The third-order valence-corrected chi connectivity index (χ3v) is 9.15. The summed E-state index contributed by atoms with van der Waals surface area (Å²) in [5.41, 5.74) is 11.6. The molecule has 214 valence electrons. The first-order chi connectivity index (χ1) is 22.8. The number of benzene rings is 7. The Labute approximate surface area is 266 Å². The molecule has 2 aromatic heterocycles. The van der Waals surface area contributed by atoms with E-state index >= 15 is 0 Å². The fourth-order valence-electron chi connectivity index (χ4n) is 7.22. The maximum absolute atomic E-state index is 10.4. The molecule has 3 heteroatoms. The maximum Gasteiger partial charge on any atom is 0.101 e. The number of aromatic nitrogens is 2. The van der Waals surface area contributed by atoms with Gasteiger partial charge >= 0.3 is 0 Å². The Kier molecular flexibility index (Phi) is 5.88. The number of fused-ring (bicyclic) bond motifs is 6. The number of hydrogen-bond acceptors (Lipinski definition) is 1. The largest absolute Gasteiger partial charge is 0.309 e. The van der Waals surface area contributed by atoms with Crippen LogP contribution < -0.4 is 0 Å². The fourth-order valence-corrected chi connectivity index (χ4v) is 7.22. The van der Waals surface area contributed by atoms with Crippen LogP contribution in [0.25, 0.3) is 77.2 Å². The highest BCUT2D eigenvalue weighted by molar-refractivity contribution is 6.14. The van der Waals surface area contributed by atoms with Gasteiger partial charge in [0.1, 0.15) is 6.07 Å². The highest BCUT2D eigenvalue weighted by Crippen LogP contribution is 2.41. The summed E-state index contributed by atoms with van der Waals surface area (Å²) in [6.07, 6.45) is 0. The van der Waals surface area contributed by atoms with Crippen LogP contribution in [0.1, 0.15) is 5.56 Å². The van der Waals surface area contributed by atoms with Crippen molar-refractivity contribution in [1.29, 1.82) is 5.26 Å². The third-order valence-electron chi connectivity index (χ3n) is 9.15. The molecule has 9 rings (SSSR count). The van der Waals surface area contributed by atoms with Crippen molar-refractivity contribution >= 4 is 43.6 Å². The molecular formula is C43H27N3. The molecule has 0 bridgehead atoms. The van der Waals surface area contributed by atoms with Gasteiger partial charge in [0, 0.05) is 38.4 Å². The number of para-hydroxylation sites is 6. The van der Waals surface area contributed by atoms with Crippen molar-refractivity contribution in [2.45, 2.75) is 0 Å². The van der Waals surface area contributed by atoms with Crippen LogP contribution in [0.4, 0.5) is 0 Å². The predicted molar refractivity (Wildman–Crippen MR) is 191 cm³/mol. The molecule has 0 radical (unpaired) electrons. The maximum atomic E-state index is 10.4. The van der Waals surface area contributed by atoms with Crippen LogP contribution in [-0.4, -0.2) is 9.13 Å². The normalized spacial score (nSPS) is 11.5. The van der Waals surface area contributed by atoms with Gasteiger partial charge in [-0.1, -0.05) is 121 Å². The number of rotatable bonds is 4. The third kappa shape index (κ3) is 3.84. The molecule has 7 aromatic carbocycles. The summed E-state index contributed by atoms with van der Waals surface area (Å²) >= 11 is 0. The first-order valence-corrected chi connectivity index (χ1v) is 15.5. The van der Waals surface area contributed by atoms with Crippen LogP contribution in [-0.2, 0) is 0 Å². The van der Waals surface area contributed by atoms with Crippen LogP contribution in [0.15, 0.2) is 164 Å². The molecule has 0 aliphatic heterocycles. The van der Waals surface area contributed by atoms with Gasteiger partial charge in [-0.05, 0) is 53.6 Å². The van der Waals surface area contributed by atoms with Gasteiger partial charge in [-0.15, -0.1) is 0 Å². The molecule has 0 saturated carbocycles. The molecule has 0 saturated heterocycles. The molecule has 0 fully saturated rings. The Balaban J connectivity index is 1.32. The molecule has 0 spiro atoms. The van der Waals surface area contributed by atoms with Crippen molar-refractivity contribution in [3.05, 3.63) is 169 Å². The van der Waals surface area contributed by atoms with Gasteiger partial charge in [0.15, 0.2) is 0 Å². The van der Waals surface area contributed by atoms with E-state index in [4.69, 9.17) is 0 Å². The van der Waals surface area contributed by atoms with E-state index in [0.717, 1.165) is 44.7 Å². The Morgan fingerprint density at radius 1 is 0.413 bits per heavy atom. The van der Waals surface area contributed by atoms with Crippen LogP contribution in [0.3, 0.4) is 0 Å². The van der Waals surface area contributed by atoms with Crippen LogP contribution in [0, 0.1) is 11.3 Å². The zero-order chi connectivity index (χ0) is 30.6. The van der Waals surface area contributed by atoms with Crippen molar-refractivity contribution in [2.24, 2.45) is 0 Å². The van der Waals surface area contributed by atoms with Gasteiger partial charge < -0.3 is 9.13 Å². The Hall–Kier alpha value is -6.37. The lowest BCUT2D eigenvalue weighted by molar-refractivity contribution is 1.17. The van der Waals surface area contributed by atoms with Crippen molar-refractivity contribution in [2.75, 3.05) is 0 Å². The van der Waals surface area contributed by atoms with Crippen LogP contribution in [0.5, 0.6) is 0 Å². The molecule has 0 N–H and O–H groups in total. The summed E-state index contributed by atoms with van der Waals surface area (Å²) in [6.45, 7) is 0. The zero-order valence-electron chi connectivity index (χ0n) is 24.9. The van der Waals surface area contributed by atoms with Crippen molar-refractivity contribution in [1.82, 2.24) is 9.13 Å². The van der Waals surface area contributed by atoms with Gasteiger partial charge in [-0.25, -0.2) is 0 Å². The minimum Gasteiger partial charge on any atom is -0.309 e. The monoisotopic (exact) mass is 585 g/mol. The molecule has 0 amide bonds. The quantitative estimate of drug-likeness (QED) is 0.202. The number of nitrogens with zero attached hydrogens (tertiary/aromatic N) is 3. The molecule has 0 aliphatic carbocycles. The second-order valence-electron chi connectivity index (χ2n) is 11.7. The highest BCUT2D eigenvalue weighted by atomic mass is 15.0. The lowest BCUT2D eigenvalue weighted by Crippen LogP contribution is -2.01. The van der Waals surface area contributed by atoms with Gasteiger partial charge in [-0.2, -0.15) is 5.26 Å². The standard InChI is InChI=1S/C43H27N3/c44-28-31-15-11-21-33(42(31)46-40-25-8-4-18-35(40)36-19-5-9-26-41(36)46)29-13-10-14-30(27-29)34-22-12-23-38-37-20-6-7-24-39(37)45(43(34)38)32-16-2-1-3-17-32/h1-27H. The number of nitriles is 1. The molecule has 0 aliphatic rings. The molecule has 0 unspecified atom stereocenters. The Morgan fingerprint density at radius 3 is 1.59 bits per heavy atom.